The van der Waals surface area contributed by atoms with Gasteiger partial charge in [0.25, 0.3) is 0 Å². The molecule has 1 aromatic heterocycles. The summed E-state index contributed by atoms with van der Waals surface area (Å²) in [6.07, 6.45) is 4.98. The number of rotatable bonds is 11. The van der Waals surface area contributed by atoms with Crippen molar-refractivity contribution in [3.63, 3.8) is 0 Å². The molecule has 4 nitrogen and oxygen atoms in total. The number of aliphatic carboxylic acids is 1. The molecule has 0 aliphatic rings. The lowest BCUT2D eigenvalue weighted by Gasteiger charge is -2.09. The number of nitrogens with zero attached hydrogens (tertiary/aromatic N) is 1. The van der Waals surface area contributed by atoms with Crippen molar-refractivity contribution >= 4 is 68.2 Å². The minimum atomic E-state index is -0.764. The molecular weight excluding hydrogens is 459 g/mol. The highest BCUT2D eigenvalue weighted by molar-refractivity contribution is 8.02. The average molecular weight is 483 g/mol. The molecular formula is C22H24Cl2N2O2S2. The Kier molecular flexibility index (Phi) is 8.69. The monoisotopic (exact) mass is 482 g/mol. The summed E-state index contributed by atoms with van der Waals surface area (Å²) in [5, 5.41) is 13.6. The molecule has 0 aliphatic carbocycles. The maximum Gasteiger partial charge on any atom is 0.317 e. The molecule has 2 N–H and O–H groups in total. The van der Waals surface area contributed by atoms with Crippen LogP contribution in [0, 0.1) is 0 Å². The molecule has 30 heavy (non-hydrogen) atoms. The van der Waals surface area contributed by atoms with Crippen LogP contribution in [-0.2, 0) is 11.3 Å². The number of anilines is 1. The van der Waals surface area contributed by atoms with Crippen LogP contribution in [0.4, 0.5) is 5.69 Å². The molecule has 0 fully saturated rings. The average Bonchev–Trinajstić information content (AvgIpc) is 3.12. The molecule has 1 unspecified atom stereocenters. The van der Waals surface area contributed by atoms with Crippen LogP contribution >= 0.6 is 46.3 Å². The number of hydrogen-bond acceptors (Lipinski definition) is 5. The van der Waals surface area contributed by atoms with E-state index in [1.54, 1.807) is 6.07 Å². The van der Waals surface area contributed by atoms with Crippen molar-refractivity contribution in [2.75, 3.05) is 5.32 Å². The Bertz CT molecular complexity index is 1010. The van der Waals surface area contributed by atoms with E-state index < -0.39 is 11.2 Å². The van der Waals surface area contributed by atoms with Crippen LogP contribution in [0.1, 0.15) is 44.6 Å². The molecule has 3 aromatic rings. The second kappa shape index (κ2) is 11.2. The minimum absolute atomic E-state index is 0.449. The van der Waals surface area contributed by atoms with E-state index >= 15 is 0 Å². The first-order chi connectivity index (χ1) is 14.5. The van der Waals surface area contributed by atoms with E-state index in [1.807, 2.05) is 30.3 Å². The molecule has 0 radical (unpaired) electrons. The number of benzene rings is 2. The van der Waals surface area contributed by atoms with Gasteiger partial charge in [0, 0.05) is 12.2 Å². The number of carbonyl (C=O) groups is 1. The lowest BCUT2D eigenvalue weighted by Crippen LogP contribution is -2.15. The largest absolute Gasteiger partial charge is 0.480 e. The van der Waals surface area contributed by atoms with Crippen molar-refractivity contribution in [1.82, 2.24) is 4.98 Å². The highest BCUT2D eigenvalue weighted by Gasteiger charge is 2.20. The third-order valence-electron chi connectivity index (χ3n) is 4.69. The Morgan fingerprint density at radius 2 is 2.00 bits per heavy atom. The molecule has 1 heterocycles. The van der Waals surface area contributed by atoms with E-state index in [4.69, 9.17) is 23.2 Å². The quantitative estimate of drug-likeness (QED) is 0.216. The Morgan fingerprint density at radius 1 is 1.17 bits per heavy atom. The van der Waals surface area contributed by atoms with Crippen molar-refractivity contribution in [3.8, 4) is 0 Å². The van der Waals surface area contributed by atoms with E-state index in [2.05, 4.69) is 17.2 Å². The standard InChI is InChI=1S/C22H24Cl2N2O2S2/c1-2-3-4-5-6-19(21(27)28)29-22-26-18-10-8-15(12-20(18)30-22)25-13-14-7-9-16(23)17(24)11-14/h7-12,19,25H,2-6,13H2,1H3,(H,27,28). The lowest BCUT2D eigenvalue weighted by molar-refractivity contribution is -0.136. The Balaban J connectivity index is 1.64. The zero-order valence-corrected chi connectivity index (χ0v) is 19.8. The van der Waals surface area contributed by atoms with Crippen LogP contribution in [-0.4, -0.2) is 21.3 Å². The van der Waals surface area contributed by atoms with Gasteiger partial charge in [0.1, 0.15) is 5.25 Å². The number of nitrogens with one attached hydrogen (secondary N) is 1. The predicted molar refractivity (Wildman–Crippen MR) is 129 cm³/mol. The molecule has 2 aromatic carbocycles. The molecule has 0 spiro atoms. The number of thioether (sulfide) groups is 1. The molecule has 0 bridgehead atoms. The van der Waals surface area contributed by atoms with E-state index in [0.29, 0.717) is 23.0 Å². The number of thiazole rings is 1. The first kappa shape index (κ1) is 23.2. The van der Waals surface area contributed by atoms with E-state index in [-0.39, 0.29) is 0 Å². The van der Waals surface area contributed by atoms with E-state index in [0.717, 1.165) is 51.5 Å². The molecule has 1 atom stereocenters. The van der Waals surface area contributed by atoms with Gasteiger partial charge in [0.15, 0.2) is 4.34 Å². The first-order valence-electron chi connectivity index (χ1n) is 9.94. The maximum absolute atomic E-state index is 11.6. The SMILES string of the molecule is CCCCCCC(Sc1nc2ccc(NCc3ccc(Cl)c(Cl)c3)cc2s1)C(=O)O. The number of aromatic nitrogens is 1. The fraction of sp³-hybridized carbons (Fsp3) is 0.364. The van der Waals surface area contributed by atoms with Gasteiger partial charge in [-0.15, -0.1) is 11.3 Å². The topological polar surface area (TPSA) is 62.2 Å². The second-order valence-electron chi connectivity index (χ2n) is 7.06. The molecule has 160 valence electrons. The van der Waals surface area contributed by atoms with Gasteiger partial charge in [-0.05, 0) is 42.3 Å². The van der Waals surface area contributed by atoms with Crippen LogP contribution in [0.25, 0.3) is 10.2 Å². The second-order valence-corrected chi connectivity index (χ2v) is 10.4. The summed E-state index contributed by atoms with van der Waals surface area (Å²) in [6, 6.07) is 11.6. The molecule has 0 amide bonds. The van der Waals surface area contributed by atoms with Crippen molar-refractivity contribution in [1.29, 1.82) is 0 Å². The lowest BCUT2D eigenvalue weighted by atomic mass is 10.1. The minimum Gasteiger partial charge on any atom is -0.480 e. The molecule has 0 saturated carbocycles. The zero-order chi connectivity index (χ0) is 21.5. The fourth-order valence-corrected chi connectivity index (χ4v) is 5.68. The highest BCUT2D eigenvalue weighted by Crippen LogP contribution is 2.35. The summed E-state index contributed by atoms with van der Waals surface area (Å²) in [6.45, 7) is 2.78. The summed E-state index contributed by atoms with van der Waals surface area (Å²) >= 11 is 14.9. The van der Waals surface area contributed by atoms with Gasteiger partial charge in [-0.25, -0.2) is 4.98 Å². The number of fused-ring (bicyclic) bond motifs is 1. The predicted octanol–water partition coefficient (Wildman–Crippen LogP) is 7.73. The van der Waals surface area contributed by atoms with Crippen molar-refractivity contribution in [3.05, 3.63) is 52.0 Å². The van der Waals surface area contributed by atoms with Gasteiger partial charge in [-0.1, -0.05) is 73.6 Å². The van der Waals surface area contributed by atoms with Crippen molar-refractivity contribution in [2.24, 2.45) is 0 Å². The Morgan fingerprint density at radius 3 is 2.73 bits per heavy atom. The van der Waals surface area contributed by atoms with Gasteiger partial charge < -0.3 is 10.4 Å². The van der Waals surface area contributed by atoms with Gasteiger partial charge in [-0.2, -0.15) is 0 Å². The van der Waals surface area contributed by atoms with Crippen LogP contribution < -0.4 is 5.32 Å². The van der Waals surface area contributed by atoms with Crippen molar-refractivity contribution in [2.45, 2.75) is 55.2 Å². The Labute approximate surface area is 195 Å². The van der Waals surface area contributed by atoms with Crippen LogP contribution in [0.5, 0.6) is 0 Å². The number of halogens is 2. The Hall–Kier alpha value is -1.47. The van der Waals surface area contributed by atoms with Crippen LogP contribution in [0.3, 0.4) is 0 Å². The first-order valence-corrected chi connectivity index (χ1v) is 12.4. The number of carboxylic acids is 1. The van der Waals surface area contributed by atoms with Crippen LogP contribution in [0.15, 0.2) is 40.7 Å². The van der Waals surface area contributed by atoms with E-state index in [1.165, 1.54) is 23.1 Å². The fourth-order valence-electron chi connectivity index (χ4n) is 3.03. The summed E-state index contributed by atoms with van der Waals surface area (Å²) in [5.74, 6) is -0.764. The van der Waals surface area contributed by atoms with Crippen molar-refractivity contribution < 1.29 is 9.90 Å². The maximum atomic E-state index is 11.6. The van der Waals surface area contributed by atoms with Gasteiger partial charge in [0.2, 0.25) is 0 Å². The van der Waals surface area contributed by atoms with Crippen LogP contribution in [0.2, 0.25) is 10.0 Å². The van der Waals surface area contributed by atoms with E-state index in [9.17, 15) is 9.90 Å². The van der Waals surface area contributed by atoms with Gasteiger partial charge >= 0.3 is 5.97 Å². The normalized spacial score (nSPS) is 12.2. The summed E-state index contributed by atoms with van der Waals surface area (Å²) in [7, 11) is 0. The molecule has 0 aliphatic heterocycles. The number of hydrogen-bond donors (Lipinski definition) is 2. The highest BCUT2D eigenvalue weighted by atomic mass is 35.5. The molecule has 0 saturated heterocycles. The third-order valence-corrected chi connectivity index (χ3v) is 7.79. The smallest absolute Gasteiger partial charge is 0.317 e. The molecule has 3 rings (SSSR count). The third kappa shape index (κ3) is 6.51. The number of carboxylic acid groups (broad SMARTS) is 1. The number of unbranched alkanes of at least 4 members (excludes halogenated alkanes) is 3. The zero-order valence-electron chi connectivity index (χ0n) is 16.7. The summed E-state index contributed by atoms with van der Waals surface area (Å²) < 4.78 is 1.83. The van der Waals surface area contributed by atoms with Gasteiger partial charge in [-0.3, -0.25) is 4.79 Å². The molecule has 8 heteroatoms. The summed E-state index contributed by atoms with van der Waals surface area (Å²) in [4.78, 5) is 16.2. The van der Waals surface area contributed by atoms with Gasteiger partial charge in [0.05, 0.1) is 20.3 Å². The summed E-state index contributed by atoms with van der Waals surface area (Å²) in [5.41, 5.74) is 2.90.